The average molecular weight is 258 g/mol. The molecule has 19 heavy (non-hydrogen) atoms. The van der Waals surface area contributed by atoms with Crippen LogP contribution >= 0.6 is 0 Å². The van der Waals surface area contributed by atoms with Crippen molar-refractivity contribution >= 4 is 5.91 Å². The average Bonchev–Trinajstić information content (AvgIpc) is 2.35. The molecule has 1 saturated heterocycles. The van der Waals surface area contributed by atoms with Crippen molar-refractivity contribution in [3.05, 3.63) is 35.4 Å². The second-order valence-corrected chi connectivity index (χ2v) is 5.93. The van der Waals surface area contributed by atoms with Crippen LogP contribution in [0.2, 0.25) is 0 Å². The molecule has 0 radical (unpaired) electrons. The van der Waals surface area contributed by atoms with E-state index in [4.69, 9.17) is 0 Å². The SMILES string of the molecule is Cc1cccc(C2CC(NC3CCCNC3=O)C2)c1. The Bertz CT molecular complexity index is 466. The van der Waals surface area contributed by atoms with Crippen LogP contribution in [0.3, 0.4) is 0 Å². The summed E-state index contributed by atoms with van der Waals surface area (Å²) in [6.07, 6.45) is 4.40. The minimum Gasteiger partial charge on any atom is -0.355 e. The first-order valence-electron chi connectivity index (χ1n) is 7.32. The Morgan fingerprint density at radius 3 is 2.89 bits per heavy atom. The highest BCUT2D eigenvalue weighted by Gasteiger charge is 2.33. The van der Waals surface area contributed by atoms with Gasteiger partial charge in [-0.25, -0.2) is 0 Å². The van der Waals surface area contributed by atoms with E-state index < -0.39 is 0 Å². The third kappa shape index (κ3) is 2.81. The second kappa shape index (κ2) is 5.33. The lowest BCUT2D eigenvalue weighted by molar-refractivity contribution is -0.124. The first-order chi connectivity index (χ1) is 9.22. The standard InChI is InChI=1S/C16H22N2O/c1-11-4-2-5-12(8-11)13-9-14(10-13)18-15-6-3-7-17-16(15)19/h2,4-5,8,13-15,18H,3,6-7,9-10H2,1H3,(H,17,19). The van der Waals surface area contributed by atoms with E-state index in [1.165, 1.54) is 11.1 Å². The Morgan fingerprint density at radius 2 is 2.16 bits per heavy atom. The van der Waals surface area contributed by atoms with Gasteiger partial charge in [0.25, 0.3) is 0 Å². The summed E-state index contributed by atoms with van der Waals surface area (Å²) in [5.74, 6) is 0.856. The van der Waals surface area contributed by atoms with Crippen LogP contribution in [0.1, 0.15) is 42.7 Å². The van der Waals surface area contributed by atoms with E-state index in [0.29, 0.717) is 12.0 Å². The normalized spacial score (nSPS) is 30.6. The van der Waals surface area contributed by atoms with E-state index in [1.54, 1.807) is 0 Å². The number of hydrogen-bond acceptors (Lipinski definition) is 2. The number of amides is 1. The number of nitrogens with one attached hydrogen (secondary N) is 2. The number of piperidine rings is 1. The fraction of sp³-hybridized carbons (Fsp3) is 0.562. The van der Waals surface area contributed by atoms with Gasteiger partial charge >= 0.3 is 0 Å². The molecular weight excluding hydrogens is 236 g/mol. The van der Waals surface area contributed by atoms with Crippen LogP contribution in [0.15, 0.2) is 24.3 Å². The van der Waals surface area contributed by atoms with Crippen molar-refractivity contribution in [2.45, 2.75) is 50.6 Å². The Labute approximate surface area is 114 Å². The third-order valence-corrected chi connectivity index (χ3v) is 4.37. The summed E-state index contributed by atoms with van der Waals surface area (Å²) in [5.41, 5.74) is 2.78. The molecule has 0 bridgehead atoms. The van der Waals surface area contributed by atoms with Crippen LogP contribution in [0.4, 0.5) is 0 Å². The van der Waals surface area contributed by atoms with E-state index in [2.05, 4.69) is 41.8 Å². The molecule has 1 atom stereocenters. The van der Waals surface area contributed by atoms with Crippen molar-refractivity contribution in [3.63, 3.8) is 0 Å². The van der Waals surface area contributed by atoms with Gasteiger partial charge in [0.1, 0.15) is 0 Å². The molecule has 2 fully saturated rings. The van der Waals surface area contributed by atoms with Gasteiger partial charge in [-0.3, -0.25) is 4.79 Å². The maximum Gasteiger partial charge on any atom is 0.237 e. The van der Waals surface area contributed by atoms with Gasteiger partial charge in [-0.2, -0.15) is 0 Å². The lowest BCUT2D eigenvalue weighted by Gasteiger charge is -2.39. The van der Waals surface area contributed by atoms with Crippen LogP contribution in [0, 0.1) is 6.92 Å². The Hall–Kier alpha value is -1.35. The zero-order chi connectivity index (χ0) is 13.2. The number of carbonyl (C=O) groups is 1. The highest BCUT2D eigenvalue weighted by atomic mass is 16.2. The topological polar surface area (TPSA) is 41.1 Å². The summed E-state index contributed by atoms with van der Waals surface area (Å²) in [6, 6.07) is 9.34. The third-order valence-electron chi connectivity index (χ3n) is 4.37. The number of rotatable bonds is 3. The predicted molar refractivity (Wildman–Crippen MR) is 76.1 cm³/mol. The molecule has 1 amide bonds. The van der Waals surface area contributed by atoms with Gasteiger partial charge in [0.2, 0.25) is 5.91 Å². The van der Waals surface area contributed by atoms with Crippen molar-refractivity contribution in [1.82, 2.24) is 10.6 Å². The molecule has 0 spiro atoms. The maximum atomic E-state index is 11.7. The summed E-state index contributed by atoms with van der Waals surface area (Å²) in [5, 5.41) is 6.44. The summed E-state index contributed by atoms with van der Waals surface area (Å²) in [4.78, 5) is 11.7. The maximum absolute atomic E-state index is 11.7. The molecule has 1 aliphatic heterocycles. The molecule has 1 aromatic rings. The van der Waals surface area contributed by atoms with Gasteiger partial charge in [-0.15, -0.1) is 0 Å². The van der Waals surface area contributed by atoms with Gasteiger partial charge in [0.05, 0.1) is 6.04 Å². The first-order valence-corrected chi connectivity index (χ1v) is 7.32. The minimum atomic E-state index is 0.0391. The van der Waals surface area contributed by atoms with Crippen molar-refractivity contribution < 1.29 is 4.79 Å². The summed E-state index contributed by atoms with van der Waals surface area (Å²) in [6.45, 7) is 2.98. The van der Waals surface area contributed by atoms with Gasteiger partial charge in [0, 0.05) is 12.6 Å². The molecule has 1 saturated carbocycles. The van der Waals surface area contributed by atoms with E-state index in [1.807, 2.05) is 0 Å². The van der Waals surface area contributed by atoms with Crippen molar-refractivity contribution in [1.29, 1.82) is 0 Å². The summed E-state index contributed by atoms with van der Waals surface area (Å²) < 4.78 is 0. The number of benzene rings is 1. The Morgan fingerprint density at radius 1 is 1.32 bits per heavy atom. The fourth-order valence-electron chi connectivity index (χ4n) is 3.17. The molecule has 3 nitrogen and oxygen atoms in total. The van der Waals surface area contributed by atoms with Crippen LogP contribution < -0.4 is 10.6 Å². The quantitative estimate of drug-likeness (QED) is 0.872. The molecule has 2 aliphatic rings. The van der Waals surface area contributed by atoms with Crippen LogP contribution in [0.25, 0.3) is 0 Å². The molecule has 0 aromatic heterocycles. The molecule has 1 heterocycles. The van der Waals surface area contributed by atoms with Crippen molar-refractivity contribution in [3.8, 4) is 0 Å². The van der Waals surface area contributed by atoms with Gasteiger partial charge in [-0.05, 0) is 44.1 Å². The van der Waals surface area contributed by atoms with Crippen molar-refractivity contribution in [2.75, 3.05) is 6.54 Å². The second-order valence-electron chi connectivity index (χ2n) is 5.93. The highest BCUT2D eigenvalue weighted by Crippen LogP contribution is 2.37. The molecule has 1 aromatic carbocycles. The molecule has 3 heteroatoms. The van der Waals surface area contributed by atoms with Crippen LogP contribution in [-0.2, 0) is 4.79 Å². The van der Waals surface area contributed by atoms with Crippen LogP contribution in [-0.4, -0.2) is 24.5 Å². The number of aryl methyl sites for hydroxylation is 1. The van der Waals surface area contributed by atoms with E-state index in [0.717, 1.165) is 32.2 Å². The Balaban J connectivity index is 1.51. The zero-order valence-electron chi connectivity index (χ0n) is 11.5. The molecule has 3 rings (SSSR count). The predicted octanol–water partition coefficient (Wildman–Crippen LogP) is 2.11. The van der Waals surface area contributed by atoms with Gasteiger partial charge < -0.3 is 10.6 Å². The summed E-state index contributed by atoms with van der Waals surface area (Å²) in [7, 11) is 0. The van der Waals surface area contributed by atoms with Gasteiger partial charge in [-0.1, -0.05) is 29.8 Å². The Kier molecular flexibility index (Phi) is 3.56. The van der Waals surface area contributed by atoms with Crippen LogP contribution in [0.5, 0.6) is 0 Å². The fourth-order valence-corrected chi connectivity index (χ4v) is 3.17. The zero-order valence-corrected chi connectivity index (χ0v) is 11.5. The highest BCUT2D eigenvalue weighted by molar-refractivity contribution is 5.82. The molecule has 1 unspecified atom stereocenters. The molecular formula is C16H22N2O. The van der Waals surface area contributed by atoms with Crippen molar-refractivity contribution in [2.24, 2.45) is 0 Å². The monoisotopic (exact) mass is 258 g/mol. The van der Waals surface area contributed by atoms with E-state index in [-0.39, 0.29) is 11.9 Å². The number of hydrogen-bond donors (Lipinski definition) is 2. The first kappa shape index (κ1) is 12.7. The minimum absolute atomic E-state index is 0.0391. The smallest absolute Gasteiger partial charge is 0.237 e. The van der Waals surface area contributed by atoms with E-state index in [9.17, 15) is 4.79 Å². The molecule has 102 valence electrons. The largest absolute Gasteiger partial charge is 0.355 e. The van der Waals surface area contributed by atoms with Gasteiger partial charge in [0.15, 0.2) is 0 Å². The lowest BCUT2D eigenvalue weighted by atomic mass is 9.75. The summed E-state index contributed by atoms with van der Waals surface area (Å²) >= 11 is 0. The molecule has 1 aliphatic carbocycles. The number of carbonyl (C=O) groups excluding carboxylic acids is 1. The molecule has 2 N–H and O–H groups in total. The van der Waals surface area contributed by atoms with E-state index >= 15 is 0 Å². The lowest BCUT2D eigenvalue weighted by Crippen LogP contribution is -2.54.